The minimum absolute atomic E-state index is 0.631. The smallest absolute Gasteiger partial charge is 0.240 e. The zero-order valence-electron chi connectivity index (χ0n) is 14.4. The average molecular weight is 325 g/mol. The summed E-state index contributed by atoms with van der Waals surface area (Å²) in [6.07, 6.45) is 5.84. The Bertz CT molecular complexity index is 792. The first-order chi connectivity index (χ1) is 11.7. The van der Waals surface area contributed by atoms with Crippen LogP contribution in [-0.4, -0.2) is 31.9 Å². The van der Waals surface area contributed by atoms with Crippen molar-refractivity contribution in [1.29, 1.82) is 0 Å². The highest BCUT2D eigenvalue weighted by molar-refractivity contribution is 5.39. The number of hydrogen-bond donors (Lipinski definition) is 0. The van der Waals surface area contributed by atoms with Crippen LogP contribution in [0, 0.1) is 6.92 Å². The van der Waals surface area contributed by atoms with Gasteiger partial charge in [0.1, 0.15) is 0 Å². The Hall–Kier alpha value is -2.47. The molecule has 0 radical (unpaired) electrons. The van der Waals surface area contributed by atoms with Crippen LogP contribution in [0.15, 0.2) is 41.2 Å². The van der Waals surface area contributed by atoms with Gasteiger partial charge in [-0.05, 0) is 32.0 Å². The van der Waals surface area contributed by atoms with E-state index >= 15 is 0 Å². The predicted octanol–water partition coefficient (Wildman–Crippen LogP) is 3.15. The molecule has 1 aromatic carbocycles. The Balaban J connectivity index is 1.62. The lowest BCUT2D eigenvalue weighted by Crippen LogP contribution is -2.17. The van der Waals surface area contributed by atoms with Gasteiger partial charge >= 0.3 is 0 Å². The van der Waals surface area contributed by atoms with Crippen molar-refractivity contribution in [3.63, 3.8) is 0 Å². The molecule has 2 heterocycles. The van der Waals surface area contributed by atoms with E-state index in [9.17, 15) is 0 Å². The summed E-state index contributed by atoms with van der Waals surface area (Å²) >= 11 is 0. The molecule has 0 fully saturated rings. The third-order valence-corrected chi connectivity index (χ3v) is 3.84. The zero-order chi connectivity index (χ0) is 16.9. The number of nitrogens with zero attached hydrogens (tertiary/aromatic N) is 5. The van der Waals surface area contributed by atoms with Crippen molar-refractivity contribution in [2.75, 3.05) is 7.05 Å². The molecule has 126 valence electrons. The molecule has 6 heteroatoms. The van der Waals surface area contributed by atoms with Crippen molar-refractivity contribution in [3.8, 4) is 5.69 Å². The van der Waals surface area contributed by atoms with E-state index in [0.29, 0.717) is 12.4 Å². The number of hydrogen-bond acceptors (Lipinski definition) is 5. The summed E-state index contributed by atoms with van der Waals surface area (Å²) in [6.45, 7) is 5.60. The van der Waals surface area contributed by atoms with E-state index < -0.39 is 0 Å². The van der Waals surface area contributed by atoms with Crippen LogP contribution in [0.2, 0.25) is 0 Å². The molecule has 0 aliphatic rings. The number of benzene rings is 1. The maximum atomic E-state index is 5.29. The second-order valence-corrected chi connectivity index (χ2v) is 6.11. The number of para-hydroxylation sites is 1. The molecule has 0 spiro atoms. The van der Waals surface area contributed by atoms with E-state index in [2.05, 4.69) is 52.3 Å². The van der Waals surface area contributed by atoms with E-state index in [-0.39, 0.29) is 0 Å². The highest BCUT2D eigenvalue weighted by Gasteiger charge is 2.10. The van der Waals surface area contributed by atoms with E-state index in [4.69, 9.17) is 4.52 Å². The lowest BCUT2D eigenvalue weighted by Gasteiger charge is -2.12. The van der Waals surface area contributed by atoms with Crippen LogP contribution in [0.4, 0.5) is 0 Å². The minimum Gasteiger partial charge on any atom is -0.338 e. The SMILES string of the molecule is CCCc1noc(CN(C)Cc2cnn(-c3ccccc3C)c2)n1. The van der Waals surface area contributed by atoms with Gasteiger partial charge in [-0.3, -0.25) is 4.90 Å². The van der Waals surface area contributed by atoms with Crippen LogP contribution < -0.4 is 0 Å². The molecule has 0 N–H and O–H groups in total. The lowest BCUT2D eigenvalue weighted by molar-refractivity contribution is 0.260. The summed E-state index contributed by atoms with van der Waals surface area (Å²) in [5.41, 5.74) is 3.45. The summed E-state index contributed by atoms with van der Waals surface area (Å²) in [4.78, 5) is 6.55. The molecule has 2 aromatic heterocycles. The molecule has 0 aliphatic heterocycles. The van der Waals surface area contributed by atoms with Gasteiger partial charge < -0.3 is 4.52 Å². The molecule has 6 nitrogen and oxygen atoms in total. The van der Waals surface area contributed by atoms with Gasteiger partial charge in [-0.2, -0.15) is 10.1 Å². The maximum Gasteiger partial charge on any atom is 0.240 e. The normalized spacial score (nSPS) is 11.3. The third-order valence-electron chi connectivity index (χ3n) is 3.84. The highest BCUT2D eigenvalue weighted by atomic mass is 16.5. The molecule has 0 amide bonds. The number of aromatic nitrogens is 4. The van der Waals surface area contributed by atoms with Crippen molar-refractivity contribution in [3.05, 3.63) is 59.5 Å². The molecule has 3 aromatic rings. The van der Waals surface area contributed by atoms with Crippen molar-refractivity contribution < 1.29 is 4.52 Å². The largest absolute Gasteiger partial charge is 0.338 e. The van der Waals surface area contributed by atoms with Crippen molar-refractivity contribution in [1.82, 2.24) is 24.8 Å². The lowest BCUT2D eigenvalue weighted by atomic mass is 10.2. The molecule has 24 heavy (non-hydrogen) atoms. The first kappa shape index (κ1) is 16.4. The molecule has 0 atom stereocenters. The zero-order valence-corrected chi connectivity index (χ0v) is 14.4. The Kier molecular flexibility index (Phi) is 5.05. The number of rotatable bonds is 7. The van der Waals surface area contributed by atoms with Crippen LogP contribution in [-0.2, 0) is 19.5 Å². The van der Waals surface area contributed by atoms with Crippen LogP contribution in [0.3, 0.4) is 0 Å². The molecular formula is C18H23N5O. The second kappa shape index (κ2) is 7.40. The Morgan fingerprint density at radius 1 is 1.21 bits per heavy atom. The predicted molar refractivity (Wildman–Crippen MR) is 91.8 cm³/mol. The first-order valence-electron chi connectivity index (χ1n) is 8.25. The van der Waals surface area contributed by atoms with Crippen molar-refractivity contribution in [2.24, 2.45) is 0 Å². The third kappa shape index (κ3) is 3.89. The topological polar surface area (TPSA) is 60.0 Å². The van der Waals surface area contributed by atoms with Gasteiger partial charge in [-0.1, -0.05) is 30.3 Å². The van der Waals surface area contributed by atoms with Crippen LogP contribution in [0.25, 0.3) is 5.69 Å². The van der Waals surface area contributed by atoms with Gasteiger partial charge in [0.25, 0.3) is 0 Å². The molecule has 0 unspecified atom stereocenters. The van der Waals surface area contributed by atoms with Gasteiger partial charge in [0.05, 0.1) is 18.4 Å². The minimum atomic E-state index is 0.631. The maximum absolute atomic E-state index is 5.29. The van der Waals surface area contributed by atoms with E-state index in [1.54, 1.807) is 0 Å². The Morgan fingerprint density at radius 2 is 2.04 bits per heavy atom. The van der Waals surface area contributed by atoms with Gasteiger partial charge in [0, 0.05) is 24.7 Å². The Morgan fingerprint density at radius 3 is 2.83 bits per heavy atom. The fourth-order valence-electron chi connectivity index (χ4n) is 2.67. The van der Waals surface area contributed by atoms with Gasteiger partial charge in [-0.15, -0.1) is 0 Å². The van der Waals surface area contributed by atoms with Crippen molar-refractivity contribution >= 4 is 0 Å². The fourth-order valence-corrected chi connectivity index (χ4v) is 2.67. The summed E-state index contributed by atoms with van der Waals surface area (Å²) in [5.74, 6) is 1.44. The summed E-state index contributed by atoms with van der Waals surface area (Å²) in [5, 5.41) is 8.46. The molecule has 0 saturated heterocycles. The monoisotopic (exact) mass is 325 g/mol. The summed E-state index contributed by atoms with van der Waals surface area (Å²) < 4.78 is 7.21. The summed E-state index contributed by atoms with van der Waals surface area (Å²) in [7, 11) is 2.04. The number of aryl methyl sites for hydroxylation is 2. The van der Waals surface area contributed by atoms with Crippen molar-refractivity contribution in [2.45, 2.75) is 39.8 Å². The van der Waals surface area contributed by atoms with E-state index in [1.807, 2.05) is 30.1 Å². The molecular weight excluding hydrogens is 302 g/mol. The van der Waals surface area contributed by atoms with Gasteiger partial charge in [0.15, 0.2) is 5.82 Å². The molecule has 3 rings (SSSR count). The average Bonchev–Trinajstić information content (AvgIpc) is 3.18. The van der Waals surface area contributed by atoms with Crippen LogP contribution in [0.5, 0.6) is 0 Å². The van der Waals surface area contributed by atoms with E-state index in [1.165, 1.54) is 5.56 Å². The molecule has 0 bridgehead atoms. The van der Waals surface area contributed by atoms with Crippen LogP contribution >= 0.6 is 0 Å². The van der Waals surface area contributed by atoms with Crippen LogP contribution in [0.1, 0.15) is 36.2 Å². The Labute approximate surface area is 142 Å². The highest BCUT2D eigenvalue weighted by Crippen LogP contribution is 2.14. The molecule has 0 saturated carbocycles. The quantitative estimate of drug-likeness (QED) is 0.668. The van der Waals surface area contributed by atoms with E-state index in [0.717, 1.165) is 36.5 Å². The first-order valence-corrected chi connectivity index (χ1v) is 8.25. The van der Waals surface area contributed by atoms with Gasteiger partial charge in [0.2, 0.25) is 5.89 Å². The van der Waals surface area contributed by atoms with Gasteiger partial charge in [-0.25, -0.2) is 4.68 Å². The summed E-state index contributed by atoms with van der Waals surface area (Å²) in [6, 6.07) is 8.23. The standard InChI is InChI=1S/C18H23N5O/c1-4-7-17-20-18(24-21-17)13-22(3)11-15-10-19-23(12-15)16-9-6-5-8-14(16)2/h5-6,8-10,12H,4,7,11,13H2,1-3H3. The fraction of sp³-hybridized carbons (Fsp3) is 0.389. The second-order valence-electron chi connectivity index (χ2n) is 6.11. The molecule has 0 aliphatic carbocycles.